The van der Waals surface area contributed by atoms with Crippen molar-refractivity contribution in [3.05, 3.63) is 64.4 Å². The van der Waals surface area contributed by atoms with Crippen molar-refractivity contribution in [1.29, 1.82) is 0 Å². The van der Waals surface area contributed by atoms with E-state index in [1.807, 2.05) is 66.9 Å². The lowest BCUT2D eigenvalue weighted by Crippen LogP contribution is -2.14. The van der Waals surface area contributed by atoms with Crippen LogP contribution in [0.4, 0.5) is 5.69 Å². The minimum atomic E-state index is -0.0719. The maximum Gasteiger partial charge on any atom is 0.234 e. The lowest BCUT2D eigenvalue weighted by Gasteiger charge is -2.10. The second kappa shape index (κ2) is 8.51. The Kier molecular flexibility index (Phi) is 6.11. The maximum atomic E-state index is 12.3. The first-order chi connectivity index (χ1) is 12.6. The van der Waals surface area contributed by atoms with Crippen LogP contribution in [0.5, 0.6) is 0 Å². The van der Waals surface area contributed by atoms with Crippen LogP contribution in [-0.4, -0.2) is 26.4 Å². The fourth-order valence-electron chi connectivity index (χ4n) is 2.51. The Labute approximate surface area is 165 Å². The van der Waals surface area contributed by atoms with Gasteiger partial charge >= 0.3 is 0 Å². The molecule has 0 atom stereocenters. The van der Waals surface area contributed by atoms with Gasteiger partial charge in [-0.25, -0.2) is 0 Å². The SMILES string of the molecule is CCc1nnc(SCC(=O)Nc2ccc(Br)c(C)c2)n1-c1ccccc1. The Balaban J connectivity index is 1.70. The molecule has 0 saturated heterocycles. The zero-order valence-electron chi connectivity index (χ0n) is 14.6. The summed E-state index contributed by atoms with van der Waals surface area (Å²) in [5, 5.41) is 12.1. The van der Waals surface area contributed by atoms with Crippen LogP contribution in [-0.2, 0) is 11.2 Å². The van der Waals surface area contributed by atoms with Gasteiger partial charge in [0, 0.05) is 22.3 Å². The van der Waals surface area contributed by atoms with Crippen molar-refractivity contribution < 1.29 is 4.79 Å². The van der Waals surface area contributed by atoms with Crippen molar-refractivity contribution in [2.75, 3.05) is 11.1 Å². The number of hydrogen-bond acceptors (Lipinski definition) is 4. The fraction of sp³-hybridized carbons (Fsp3) is 0.211. The minimum absolute atomic E-state index is 0.0719. The van der Waals surface area contributed by atoms with Crippen LogP contribution in [0, 0.1) is 6.92 Å². The van der Waals surface area contributed by atoms with E-state index in [2.05, 4.69) is 31.4 Å². The van der Waals surface area contributed by atoms with E-state index in [9.17, 15) is 4.79 Å². The molecule has 0 aliphatic heterocycles. The summed E-state index contributed by atoms with van der Waals surface area (Å²) in [6.45, 7) is 4.03. The summed E-state index contributed by atoms with van der Waals surface area (Å²) >= 11 is 4.84. The third-order valence-corrected chi connectivity index (χ3v) is 5.62. The Morgan fingerprint density at radius 2 is 1.96 bits per heavy atom. The molecule has 7 heteroatoms. The number of aromatic nitrogens is 3. The lowest BCUT2D eigenvalue weighted by molar-refractivity contribution is -0.113. The summed E-state index contributed by atoms with van der Waals surface area (Å²) in [6.07, 6.45) is 0.771. The van der Waals surface area contributed by atoms with Gasteiger partial charge in [0.15, 0.2) is 5.16 Å². The van der Waals surface area contributed by atoms with Gasteiger partial charge in [-0.05, 0) is 42.8 Å². The van der Waals surface area contributed by atoms with Gasteiger partial charge in [0.1, 0.15) is 5.82 Å². The number of para-hydroxylation sites is 1. The van der Waals surface area contributed by atoms with Gasteiger partial charge in [-0.1, -0.05) is 52.8 Å². The summed E-state index contributed by atoms with van der Waals surface area (Å²) < 4.78 is 3.02. The second-order valence-corrected chi connectivity index (χ2v) is 7.52. The van der Waals surface area contributed by atoms with Gasteiger partial charge < -0.3 is 5.32 Å². The molecular formula is C19H19BrN4OS. The molecule has 1 N–H and O–H groups in total. The summed E-state index contributed by atoms with van der Waals surface area (Å²) in [5.41, 5.74) is 2.86. The predicted molar refractivity (Wildman–Crippen MR) is 109 cm³/mol. The molecule has 0 fully saturated rings. The smallest absolute Gasteiger partial charge is 0.234 e. The molecule has 0 unspecified atom stereocenters. The summed E-state index contributed by atoms with van der Waals surface area (Å²) in [5.74, 6) is 1.07. The predicted octanol–water partition coefficient (Wildman–Crippen LogP) is 4.63. The Morgan fingerprint density at radius 3 is 2.65 bits per heavy atom. The molecule has 0 radical (unpaired) electrons. The van der Waals surface area contributed by atoms with Gasteiger partial charge in [0.05, 0.1) is 5.75 Å². The van der Waals surface area contributed by atoms with Crippen LogP contribution in [0.2, 0.25) is 0 Å². The number of nitrogens with one attached hydrogen (secondary N) is 1. The van der Waals surface area contributed by atoms with Crippen molar-refractivity contribution in [2.45, 2.75) is 25.4 Å². The monoisotopic (exact) mass is 430 g/mol. The second-order valence-electron chi connectivity index (χ2n) is 5.72. The number of carbonyl (C=O) groups is 1. The largest absolute Gasteiger partial charge is 0.325 e. The molecule has 1 amide bonds. The summed E-state index contributed by atoms with van der Waals surface area (Å²) in [4.78, 5) is 12.3. The number of thioether (sulfide) groups is 1. The van der Waals surface area contributed by atoms with Crippen LogP contribution in [0.15, 0.2) is 58.2 Å². The van der Waals surface area contributed by atoms with Gasteiger partial charge in [-0.2, -0.15) is 0 Å². The highest BCUT2D eigenvalue weighted by atomic mass is 79.9. The minimum Gasteiger partial charge on any atom is -0.325 e. The first-order valence-corrected chi connectivity index (χ1v) is 10.0. The average molecular weight is 431 g/mol. The summed E-state index contributed by atoms with van der Waals surface area (Å²) in [7, 11) is 0. The molecule has 0 bridgehead atoms. The Morgan fingerprint density at radius 1 is 1.19 bits per heavy atom. The molecule has 0 saturated carbocycles. The molecule has 0 aliphatic rings. The number of aryl methyl sites for hydroxylation is 2. The topological polar surface area (TPSA) is 59.8 Å². The molecule has 1 aromatic heterocycles. The van der Waals surface area contributed by atoms with Crippen molar-refractivity contribution in [3.8, 4) is 5.69 Å². The number of benzene rings is 2. The molecule has 5 nitrogen and oxygen atoms in total. The van der Waals surface area contributed by atoms with Crippen LogP contribution in [0.3, 0.4) is 0 Å². The van der Waals surface area contributed by atoms with Crippen LogP contribution in [0.25, 0.3) is 5.69 Å². The van der Waals surface area contributed by atoms with E-state index in [0.29, 0.717) is 0 Å². The number of amides is 1. The molecule has 2 aromatic carbocycles. The molecular weight excluding hydrogens is 412 g/mol. The molecule has 134 valence electrons. The highest BCUT2D eigenvalue weighted by molar-refractivity contribution is 9.10. The van der Waals surface area contributed by atoms with E-state index >= 15 is 0 Å². The highest BCUT2D eigenvalue weighted by Crippen LogP contribution is 2.23. The average Bonchev–Trinajstić information content (AvgIpc) is 3.07. The van der Waals surface area contributed by atoms with E-state index in [1.54, 1.807) is 0 Å². The summed E-state index contributed by atoms with van der Waals surface area (Å²) in [6, 6.07) is 15.7. The molecule has 3 rings (SSSR count). The zero-order valence-corrected chi connectivity index (χ0v) is 17.0. The number of carbonyl (C=O) groups excluding carboxylic acids is 1. The van der Waals surface area contributed by atoms with Crippen LogP contribution in [0.1, 0.15) is 18.3 Å². The van der Waals surface area contributed by atoms with Gasteiger partial charge in [0.2, 0.25) is 5.91 Å². The number of rotatable bonds is 6. The molecule has 26 heavy (non-hydrogen) atoms. The zero-order chi connectivity index (χ0) is 18.5. The van der Waals surface area contributed by atoms with E-state index in [-0.39, 0.29) is 11.7 Å². The molecule has 1 heterocycles. The quantitative estimate of drug-likeness (QED) is 0.578. The van der Waals surface area contributed by atoms with E-state index in [1.165, 1.54) is 11.8 Å². The third kappa shape index (κ3) is 4.34. The van der Waals surface area contributed by atoms with Gasteiger partial charge in [0.25, 0.3) is 0 Å². The van der Waals surface area contributed by atoms with Crippen molar-refractivity contribution >= 4 is 39.3 Å². The first-order valence-electron chi connectivity index (χ1n) is 8.27. The highest BCUT2D eigenvalue weighted by Gasteiger charge is 2.14. The Bertz CT molecular complexity index is 911. The molecule has 3 aromatic rings. The van der Waals surface area contributed by atoms with E-state index in [4.69, 9.17) is 0 Å². The van der Waals surface area contributed by atoms with E-state index < -0.39 is 0 Å². The van der Waals surface area contributed by atoms with Crippen LogP contribution < -0.4 is 5.32 Å². The fourth-order valence-corrected chi connectivity index (χ4v) is 3.53. The van der Waals surface area contributed by atoms with Crippen molar-refractivity contribution in [3.63, 3.8) is 0 Å². The molecule has 0 spiro atoms. The van der Waals surface area contributed by atoms with E-state index in [0.717, 1.165) is 38.8 Å². The number of halogens is 1. The van der Waals surface area contributed by atoms with Gasteiger partial charge in [-0.15, -0.1) is 10.2 Å². The number of nitrogens with zero attached hydrogens (tertiary/aromatic N) is 3. The normalized spacial score (nSPS) is 10.7. The van der Waals surface area contributed by atoms with Gasteiger partial charge in [-0.3, -0.25) is 9.36 Å². The third-order valence-electron chi connectivity index (χ3n) is 3.81. The lowest BCUT2D eigenvalue weighted by atomic mass is 10.2. The number of hydrogen-bond donors (Lipinski definition) is 1. The van der Waals surface area contributed by atoms with Crippen LogP contribution >= 0.6 is 27.7 Å². The standard InChI is InChI=1S/C19H19BrN4OS/c1-3-17-22-23-19(24(17)15-7-5-4-6-8-15)26-12-18(25)21-14-9-10-16(20)13(2)11-14/h4-11H,3,12H2,1-2H3,(H,21,25). The van der Waals surface area contributed by atoms with Crippen molar-refractivity contribution in [1.82, 2.24) is 14.8 Å². The first kappa shape index (κ1) is 18.7. The molecule has 0 aliphatic carbocycles. The number of anilines is 1. The van der Waals surface area contributed by atoms with Crippen molar-refractivity contribution in [2.24, 2.45) is 0 Å². The Hall–Kier alpha value is -2.12. The maximum absolute atomic E-state index is 12.3.